The third-order valence-electron chi connectivity index (χ3n) is 4.41. The summed E-state index contributed by atoms with van der Waals surface area (Å²) in [7, 11) is 0. The predicted octanol–water partition coefficient (Wildman–Crippen LogP) is 2.82. The van der Waals surface area contributed by atoms with E-state index in [0.29, 0.717) is 26.3 Å². The molecule has 1 fully saturated rings. The molecule has 1 aromatic heterocycles. The van der Waals surface area contributed by atoms with Crippen LogP contribution in [0.2, 0.25) is 0 Å². The van der Waals surface area contributed by atoms with E-state index in [-0.39, 0.29) is 41.4 Å². The maximum atomic E-state index is 14.2. The maximum absolute atomic E-state index is 14.2. The molecule has 31 heavy (non-hydrogen) atoms. The number of fused-ring (bicyclic) bond motifs is 1. The van der Waals surface area contributed by atoms with Gasteiger partial charge in [-0.25, -0.2) is 9.18 Å². The number of carbonyl (C=O) groups is 1. The zero-order valence-electron chi connectivity index (χ0n) is 17.8. The summed E-state index contributed by atoms with van der Waals surface area (Å²) in [6.07, 6.45) is 0.116. The summed E-state index contributed by atoms with van der Waals surface area (Å²) in [5.74, 6) is -1.47. The number of aromatic hydroxyl groups is 2. The van der Waals surface area contributed by atoms with Crippen molar-refractivity contribution in [1.29, 1.82) is 0 Å². The molecule has 0 aliphatic carbocycles. The van der Waals surface area contributed by atoms with Gasteiger partial charge >= 0.3 is 6.09 Å². The molecular formula is C21H27FN2O7. The van der Waals surface area contributed by atoms with Crippen molar-refractivity contribution in [3.05, 3.63) is 24.1 Å². The van der Waals surface area contributed by atoms with Crippen molar-refractivity contribution in [1.82, 2.24) is 9.88 Å². The quantitative estimate of drug-likeness (QED) is 0.686. The van der Waals surface area contributed by atoms with Gasteiger partial charge in [0.2, 0.25) is 0 Å². The Kier molecular flexibility index (Phi) is 7.01. The van der Waals surface area contributed by atoms with Gasteiger partial charge in [-0.3, -0.25) is 4.98 Å². The lowest BCUT2D eigenvalue weighted by atomic mass is 10.1. The Hall–Kier alpha value is -2.85. The second-order valence-electron chi connectivity index (χ2n) is 8.14. The molecule has 0 saturated carbocycles. The van der Waals surface area contributed by atoms with Crippen LogP contribution < -0.4 is 4.74 Å². The lowest BCUT2D eigenvalue weighted by molar-refractivity contribution is -0.0204. The molecule has 1 aliphatic heterocycles. The number of hydrogen-bond donors (Lipinski definition) is 2. The van der Waals surface area contributed by atoms with Crippen LogP contribution >= 0.6 is 0 Å². The maximum Gasteiger partial charge on any atom is 0.410 e. The van der Waals surface area contributed by atoms with Crippen molar-refractivity contribution >= 4 is 17.0 Å². The topological polar surface area (TPSA) is 111 Å². The Morgan fingerprint density at radius 1 is 1.32 bits per heavy atom. The molecule has 10 heteroatoms. The van der Waals surface area contributed by atoms with Crippen LogP contribution in [0, 0.1) is 5.82 Å². The molecule has 0 radical (unpaired) electrons. The van der Waals surface area contributed by atoms with Crippen molar-refractivity contribution < 1.29 is 38.3 Å². The summed E-state index contributed by atoms with van der Waals surface area (Å²) in [6, 6.07) is 2.38. The first kappa shape index (κ1) is 22.8. The molecule has 1 aliphatic rings. The molecule has 1 atom stereocenters. The van der Waals surface area contributed by atoms with Crippen LogP contribution in [0.3, 0.4) is 0 Å². The fourth-order valence-corrected chi connectivity index (χ4v) is 3.11. The third kappa shape index (κ3) is 6.08. The lowest BCUT2D eigenvalue weighted by Gasteiger charge is -2.27. The van der Waals surface area contributed by atoms with Gasteiger partial charge in [0, 0.05) is 18.7 Å². The molecule has 0 unspecified atom stereocenters. The van der Waals surface area contributed by atoms with Gasteiger partial charge in [-0.05, 0) is 20.8 Å². The Morgan fingerprint density at radius 2 is 2.10 bits per heavy atom. The smallest absolute Gasteiger partial charge is 0.410 e. The van der Waals surface area contributed by atoms with Crippen molar-refractivity contribution in [3.63, 3.8) is 0 Å². The lowest BCUT2D eigenvalue weighted by Crippen LogP contribution is -2.42. The van der Waals surface area contributed by atoms with Crippen LogP contribution in [0.15, 0.2) is 18.3 Å². The van der Waals surface area contributed by atoms with Crippen molar-refractivity contribution in [2.24, 2.45) is 0 Å². The number of phenols is 2. The number of pyridine rings is 1. The zero-order chi connectivity index (χ0) is 22.6. The van der Waals surface area contributed by atoms with Crippen LogP contribution in [-0.2, 0) is 14.2 Å². The van der Waals surface area contributed by atoms with Gasteiger partial charge in [-0.1, -0.05) is 0 Å². The molecule has 0 spiro atoms. The molecule has 2 aromatic rings. The molecule has 3 rings (SSSR count). The highest BCUT2D eigenvalue weighted by atomic mass is 19.1. The summed E-state index contributed by atoms with van der Waals surface area (Å²) >= 11 is 0. The van der Waals surface area contributed by atoms with E-state index >= 15 is 0 Å². The number of halogens is 1. The van der Waals surface area contributed by atoms with Crippen molar-refractivity contribution in [2.45, 2.75) is 32.5 Å². The van der Waals surface area contributed by atoms with Gasteiger partial charge in [0.25, 0.3) is 0 Å². The molecule has 2 heterocycles. The first-order valence-electron chi connectivity index (χ1n) is 9.94. The monoisotopic (exact) mass is 438 g/mol. The third-order valence-corrected chi connectivity index (χ3v) is 4.41. The minimum absolute atomic E-state index is 0.0146. The molecular weight excluding hydrogens is 411 g/mol. The van der Waals surface area contributed by atoms with E-state index in [2.05, 4.69) is 4.98 Å². The standard InChI is InChI=1S/C21H27FN2O7/c1-21(2,3)31-20(27)24-4-5-28-12-14(11-24)29-6-7-30-19-15(22)10-23-16-8-13(25)9-17(26)18(16)19/h8-10,14,25-26H,4-7,11-12H2,1-3H3/t14-/m0/s1. The van der Waals surface area contributed by atoms with E-state index in [0.717, 1.165) is 12.3 Å². The highest BCUT2D eigenvalue weighted by Gasteiger charge is 2.27. The Morgan fingerprint density at radius 3 is 2.84 bits per heavy atom. The number of benzene rings is 1. The number of amides is 1. The highest BCUT2D eigenvalue weighted by molar-refractivity contribution is 5.91. The highest BCUT2D eigenvalue weighted by Crippen LogP contribution is 2.36. The van der Waals surface area contributed by atoms with Gasteiger partial charge < -0.3 is 34.1 Å². The van der Waals surface area contributed by atoms with Gasteiger partial charge in [0.05, 0.1) is 49.6 Å². The van der Waals surface area contributed by atoms with Crippen LogP contribution in [0.1, 0.15) is 20.8 Å². The van der Waals surface area contributed by atoms with Crippen molar-refractivity contribution in [2.75, 3.05) is 39.5 Å². The van der Waals surface area contributed by atoms with Crippen LogP contribution in [0.5, 0.6) is 17.2 Å². The Bertz CT molecular complexity index is 932. The van der Waals surface area contributed by atoms with E-state index in [4.69, 9.17) is 18.9 Å². The number of rotatable bonds is 5. The average molecular weight is 438 g/mol. The summed E-state index contributed by atoms with van der Waals surface area (Å²) < 4.78 is 36.4. The van der Waals surface area contributed by atoms with Crippen LogP contribution in [-0.4, -0.2) is 77.4 Å². The normalized spacial score (nSPS) is 17.4. The summed E-state index contributed by atoms with van der Waals surface area (Å²) in [5, 5.41) is 19.7. The molecule has 1 amide bonds. The summed E-state index contributed by atoms with van der Waals surface area (Å²) in [5.41, 5.74) is -0.409. The van der Waals surface area contributed by atoms with E-state index in [1.165, 1.54) is 11.0 Å². The van der Waals surface area contributed by atoms with Crippen LogP contribution in [0.4, 0.5) is 9.18 Å². The average Bonchev–Trinajstić information content (AvgIpc) is 2.91. The van der Waals surface area contributed by atoms with Crippen molar-refractivity contribution in [3.8, 4) is 17.2 Å². The number of hydrogen-bond acceptors (Lipinski definition) is 8. The number of carbonyl (C=O) groups excluding carboxylic acids is 1. The minimum Gasteiger partial charge on any atom is -0.508 e. The van der Waals surface area contributed by atoms with E-state index in [9.17, 15) is 19.4 Å². The molecule has 1 aromatic carbocycles. The molecule has 2 N–H and O–H groups in total. The fourth-order valence-electron chi connectivity index (χ4n) is 3.11. The van der Waals surface area contributed by atoms with Gasteiger partial charge in [0.1, 0.15) is 23.7 Å². The zero-order valence-corrected chi connectivity index (χ0v) is 17.8. The predicted molar refractivity (Wildman–Crippen MR) is 109 cm³/mol. The first-order chi connectivity index (χ1) is 14.6. The molecule has 170 valence electrons. The Balaban J connectivity index is 1.58. The number of phenolic OH excluding ortho intramolecular Hbond substituents is 2. The second kappa shape index (κ2) is 9.52. The summed E-state index contributed by atoms with van der Waals surface area (Å²) in [6.45, 7) is 6.83. The SMILES string of the molecule is CC(C)(C)OC(=O)N1CCOC[C@@H](OCCOc2c(F)cnc3cc(O)cc(O)c23)C1. The second-order valence-corrected chi connectivity index (χ2v) is 8.14. The van der Waals surface area contributed by atoms with Crippen LogP contribution in [0.25, 0.3) is 10.9 Å². The number of aromatic nitrogens is 1. The van der Waals surface area contributed by atoms with Gasteiger partial charge in [-0.15, -0.1) is 0 Å². The Labute approximate surface area is 179 Å². The number of ether oxygens (including phenoxy) is 4. The first-order valence-corrected chi connectivity index (χ1v) is 9.94. The van der Waals surface area contributed by atoms with E-state index in [1.54, 1.807) is 20.8 Å². The molecule has 1 saturated heterocycles. The van der Waals surface area contributed by atoms with E-state index < -0.39 is 23.6 Å². The van der Waals surface area contributed by atoms with E-state index in [1.807, 2.05) is 0 Å². The minimum atomic E-state index is -0.748. The molecule has 0 bridgehead atoms. The largest absolute Gasteiger partial charge is 0.508 e. The fraction of sp³-hybridized carbons (Fsp3) is 0.524. The summed E-state index contributed by atoms with van der Waals surface area (Å²) in [4.78, 5) is 17.7. The van der Waals surface area contributed by atoms with Gasteiger partial charge in [-0.2, -0.15) is 0 Å². The number of nitrogens with zero attached hydrogens (tertiary/aromatic N) is 2. The molecule has 9 nitrogen and oxygen atoms in total. The van der Waals surface area contributed by atoms with Gasteiger partial charge in [0.15, 0.2) is 11.6 Å².